The molecule has 0 saturated carbocycles. The molecule has 0 atom stereocenters. The minimum absolute atomic E-state index is 0.0986. The summed E-state index contributed by atoms with van der Waals surface area (Å²) in [5.41, 5.74) is 3.52. The topological polar surface area (TPSA) is 47.6 Å². The molecule has 0 spiro atoms. The number of hydrogen-bond donors (Lipinski definition) is 1. The third-order valence-corrected chi connectivity index (χ3v) is 2.38. The predicted octanol–water partition coefficient (Wildman–Crippen LogP) is 2.33. The number of hydrogen-bond acceptors (Lipinski definition) is 3. The number of carbonyl (C=O) groups is 1. The van der Waals surface area contributed by atoms with Gasteiger partial charge in [-0.15, -0.1) is 0 Å². The average Bonchev–Trinajstić information content (AvgIpc) is 2.36. The van der Waals surface area contributed by atoms with Crippen LogP contribution in [0.15, 0.2) is 24.3 Å². The zero-order valence-corrected chi connectivity index (χ0v) is 11.2. The first-order chi connectivity index (χ1) is 8.61. The van der Waals surface area contributed by atoms with E-state index in [2.05, 4.69) is 5.48 Å². The molecule has 4 heteroatoms. The van der Waals surface area contributed by atoms with Gasteiger partial charge >= 0.3 is 0 Å². The fraction of sp³-hybridized carbons (Fsp3) is 0.500. The Balaban J connectivity index is 2.29. The number of benzene rings is 1. The average molecular weight is 251 g/mol. The van der Waals surface area contributed by atoms with Gasteiger partial charge in [-0.25, -0.2) is 5.48 Å². The first-order valence-electron chi connectivity index (χ1n) is 6.15. The number of carbonyl (C=O) groups excluding carboxylic acids is 1. The minimum Gasteiger partial charge on any atom is -0.497 e. The maximum absolute atomic E-state index is 11.5. The summed E-state index contributed by atoms with van der Waals surface area (Å²) in [7, 11) is 1.63. The molecule has 0 heterocycles. The highest BCUT2D eigenvalue weighted by molar-refractivity contribution is 5.75. The van der Waals surface area contributed by atoms with Crippen molar-refractivity contribution >= 4 is 5.91 Å². The second-order valence-corrected chi connectivity index (χ2v) is 4.58. The van der Waals surface area contributed by atoms with Crippen molar-refractivity contribution in [3.8, 4) is 5.75 Å². The van der Waals surface area contributed by atoms with Gasteiger partial charge in [-0.1, -0.05) is 26.0 Å². The summed E-state index contributed by atoms with van der Waals surface area (Å²) in [6.45, 7) is 4.59. The number of rotatable bonds is 7. The van der Waals surface area contributed by atoms with Crippen LogP contribution in [0.3, 0.4) is 0 Å². The van der Waals surface area contributed by atoms with Crippen molar-refractivity contribution in [2.45, 2.75) is 26.7 Å². The Morgan fingerprint density at radius 3 is 2.83 bits per heavy atom. The van der Waals surface area contributed by atoms with Crippen LogP contribution in [0.5, 0.6) is 5.75 Å². The van der Waals surface area contributed by atoms with Gasteiger partial charge in [-0.2, -0.15) is 0 Å². The first kappa shape index (κ1) is 14.5. The molecule has 0 aliphatic carbocycles. The van der Waals surface area contributed by atoms with Crippen LogP contribution in [0, 0.1) is 5.92 Å². The molecule has 1 aromatic carbocycles. The summed E-state index contributed by atoms with van der Waals surface area (Å²) in [6, 6.07) is 7.71. The molecule has 0 bridgehead atoms. The molecule has 4 nitrogen and oxygen atoms in total. The zero-order chi connectivity index (χ0) is 13.4. The van der Waals surface area contributed by atoms with E-state index in [9.17, 15) is 4.79 Å². The highest BCUT2D eigenvalue weighted by Gasteiger charge is 2.03. The summed E-state index contributed by atoms with van der Waals surface area (Å²) in [5.74, 6) is 1.12. The Hall–Kier alpha value is -1.55. The molecule has 0 fully saturated rings. The molecule has 0 unspecified atom stereocenters. The summed E-state index contributed by atoms with van der Waals surface area (Å²) >= 11 is 0. The van der Waals surface area contributed by atoms with Crippen LogP contribution in [0.4, 0.5) is 0 Å². The summed E-state index contributed by atoms with van der Waals surface area (Å²) in [4.78, 5) is 16.6. The number of amides is 1. The van der Waals surface area contributed by atoms with Crippen molar-refractivity contribution in [1.29, 1.82) is 0 Å². The molecule has 18 heavy (non-hydrogen) atoms. The van der Waals surface area contributed by atoms with Gasteiger partial charge in [0.25, 0.3) is 0 Å². The lowest BCUT2D eigenvalue weighted by atomic mass is 10.1. The van der Waals surface area contributed by atoms with E-state index in [1.807, 2.05) is 38.1 Å². The van der Waals surface area contributed by atoms with Gasteiger partial charge in [0.05, 0.1) is 13.7 Å². The molecule has 0 saturated heterocycles. The van der Waals surface area contributed by atoms with Gasteiger partial charge in [-0.3, -0.25) is 9.63 Å². The van der Waals surface area contributed by atoms with Crippen LogP contribution in [0.1, 0.15) is 25.8 Å². The monoisotopic (exact) mass is 251 g/mol. The molecular weight excluding hydrogens is 230 g/mol. The molecule has 1 N–H and O–H groups in total. The van der Waals surface area contributed by atoms with Crippen molar-refractivity contribution < 1.29 is 14.4 Å². The van der Waals surface area contributed by atoms with E-state index >= 15 is 0 Å². The lowest BCUT2D eigenvalue weighted by Gasteiger charge is -2.08. The van der Waals surface area contributed by atoms with Crippen LogP contribution in [-0.4, -0.2) is 19.6 Å². The molecular formula is C14H21NO3. The SMILES string of the molecule is COc1cccc(CCC(=O)NOCC(C)C)c1. The van der Waals surface area contributed by atoms with Crippen molar-refractivity contribution in [2.24, 2.45) is 5.92 Å². The van der Waals surface area contributed by atoms with E-state index in [0.29, 0.717) is 25.4 Å². The molecule has 0 aliphatic heterocycles. The maximum Gasteiger partial charge on any atom is 0.243 e. The highest BCUT2D eigenvalue weighted by atomic mass is 16.6. The molecule has 100 valence electrons. The van der Waals surface area contributed by atoms with E-state index in [1.54, 1.807) is 7.11 Å². The van der Waals surface area contributed by atoms with Gasteiger partial charge in [0.1, 0.15) is 5.75 Å². The third kappa shape index (κ3) is 5.68. The van der Waals surface area contributed by atoms with E-state index in [1.165, 1.54) is 0 Å². The fourth-order valence-electron chi connectivity index (χ4n) is 1.43. The predicted molar refractivity (Wildman–Crippen MR) is 70.2 cm³/mol. The Labute approximate surface area is 108 Å². The van der Waals surface area contributed by atoms with Gasteiger partial charge in [-0.05, 0) is 30.0 Å². The second-order valence-electron chi connectivity index (χ2n) is 4.58. The summed E-state index contributed by atoms with van der Waals surface area (Å²) in [6.07, 6.45) is 1.08. The van der Waals surface area contributed by atoms with Gasteiger partial charge in [0.2, 0.25) is 5.91 Å². The Morgan fingerprint density at radius 1 is 1.39 bits per heavy atom. The number of aryl methyl sites for hydroxylation is 1. The van der Waals surface area contributed by atoms with Crippen molar-refractivity contribution in [1.82, 2.24) is 5.48 Å². The summed E-state index contributed by atoms with van der Waals surface area (Å²) in [5, 5.41) is 0. The zero-order valence-electron chi connectivity index (χ0n) is 11.2. The van der Waals surface area contributed by atoms with Crippen LogP contribution < -0.4 is 10.2 Å². The number of ether oxygens (including phenoxy) is 1. The van der Waals surface area contributed by atoms with E-state index in [4.69, 9.17) is 9.57 Å². The quantitative estimate of drug-likeness (QED) is 0.757. The van der Waals surface area contributed by atoms with Crippen LogP contribution in [0.25, 0.3) is 0 Å². The lowest BCUT2D eigenvalue weighted by molar-refractivity contribution is -0.134. The minimum atomic E-state index is -0.0986. The number of hydroxylamine groups is 1. The summed E-state index contributed by atoms with van der Waals surface area (Å²) < 4.78 is 5.13. The molecule has 0 radical (unpaired) electrons. The van der Waals surface area contributed by atoms with Crippen molar-refractivity contribution in [3.63, 3.8) is 0 Å². The van der Waals surface area contributed by atoms with E-state index < -0.39 is 0 Å². The van der Waals surface area contributed by atoms with Crippen LogP contribution in [0.2, 0.25) is 0 Å². The van der Waals surface area contributed by atoms with E-state index in [-0.39, 0.29) is 5.91 Å². The van der Waals surface area contributed by atoms with Gasteiger partial charge in [0.15, 0.2) is 0 Å². The Kier molecular flexibility index (Phi) is 6.22. The molecule has 1 amide bonds. The van der Waals surface area contributed by atoms with Crippen LogP contribution in [-0.2, 0) is 16.1 Å². The Bertz CT molecular complexity index is 377. The van der Waals surface area contributed by atoms with E-state index in [0.717, 1.165) is 11.3 Å². The highest BCUT2D eigenvalue weighted by Crippen LogP contribution is 2.13. The van der Waals surface area contributed by atoms with Gasteiger partial charge in [0, 0.05) is 6.42 Å². The Morgan fingerprint density at radius 2 is 2.17 bits per heavy atom. The normalized spacial score (nSPS) is 10.4. The molecule has 0 aliphatic rings. The smallest absolute Gasteiger partial charge is 0.243 e. The maximum atomic E-state index is 11.5. The number of nitrogens with one attached hydrogen (secondary N) is 1. The van der Waals surface area contributed by atoms with Crippen molar-refractivity contribution in [2.75, 3.05) is 13.7 Å². The largest absolute Gasteiger partial charge is 0.497 e. The standard InChI is InChI=1S/C14H21NO3/c1-11(2)10-18-15-14(16)8-7-12-5-4-6-13(9-12)17-3/h4-6,9,11H,7-8,10H2,1-3H3,(H,15,16). The van der Waals surface area contributed by atoms with Crippen molar-refractivity contribution in [3.05, 3.63) is 29.8 Å². The first-order valence-corrected chi connectivity index (χ1v) is 6.15. The number of methoxy groups -OCH3 is 1. The fourth-order valence-corrected chi connectivity index (χ4v) is 1.43. The molecule has 1 aromatic rings. The molecule has 1 rings (SSSR count). The third-order valence-electron chi connectivity index (χ3n) is 2.38. The molecule has 0 aromatic heterocycles. The van der Waals surface area contributed by atoms with Crippen LogP contribution >= 0.6 is 0 Å². The second kappa shape index (κ2) is 7.71. The van der Waals surface area contributed by atoms with Gasteiger partial charge < -0.3 is 4.74 Å². The lowest BCUT2D eigenvalue weighted by Crippen LogP contribution is -2.25.